The smallest absolute Gasteiger partial charge is 0.140 e. The van der Waals surface area contributed by atoms with Gasteiger partial charge in [0, 0.05) is 17.8 Å². The standard InChI is InChI=1S/C19H24ClNO3/c1-14-6-5-8-17(20)19(14)24-13-12-23-11-10-21-18-9-4-3-7-16(18)15(2)22/h3-9,15,21-22H,10-13H2,1-2H3. The minimum atomic E-state index is -0.498. The first kappa shape index (κ1) is 18.6. The zero-order valence-corrected chi connectivity index (χ0v) is 14.8. The number of benzene rings is 2. The highest BCUT2D eigenvalue weighted by molar-refractivity contribution is 6.32. The Bertz CT molecular complexity index is 626. The summed E-state index contributed by atoms with van der Waals surface area (Å²) in [7, 11) is 0. The van der Waals surface area contributed by atoms with E-state index in [0.717, 1.165) is 16.8 Å². The Morgan fingerprint density at radius 1 is 1.08 bits per heavy atom. The fourth-order valence-corrected chi connectivity index (χ4v) is 2.66. The number of hydrogen-bond donors (Lipinski definition) is 2. The van der Waals surface area contributed by atoms with Crippen molar-refractivity contribution in [3.63, 3.8) is 0 Å². The van der Waals surface area contributed by atoms with E-state index in [1.807, 2.05) is 49.4 Å². The van der Waals surface area contributed by atoms with Gasteiger partial charge in [0.05, 0.1) is 24.3 Å². The van der Waals surface area contributed by atoms with Crippen molar-refractivity contribution in [1.29, 1.82) is 0 Å². The molecule has 130 valence electrons. The molecule has 2 N–H and O–H groups in total. The van der Waals surface area contributed by atoms with Crippen molar-refractivity contribution in [3.05, 3.63) is 58.6 Å². The first-order chi connectivity index (χ1) is 11.6. The molecule has 0 spiro atoms. The Labute approximate surface area is 148 Å². The molecular weight excluding hydrogens is 326 g/mol. The summed E-state index contributed by atoms with van der Waals surface area (Å²) in [5, 5.41) is 13.6. The summed E-state index contributed by atoms with van der Waals surface area (Å²) < 4.78 is 11.2. The number of aliphatic hydroxyl groups excluding tert-OH is 1. The van der Waals surface area contributed by atoms with Crippen molar-refractivity contribution in [3.8, 4) is 5.75 Å². The van der Waals surface area contributed by atoms with Crippen LogP contribution in [0.1, 0.15) is 24.2 Å². The van der Waals surface area contributed by atoms with Gasteiger partial charge < -0.3 is 19.9 Å². The molecule has 0 saturated carbocycles. The molecule has 0 saturated heterocycles. The average Bonchev–Trinajstić information content (AvgIpc) is 2.56. The van der Waals surface area contributed by atoms with Gasteiger partial charge in [-0.1, -0.05) is 41.9 Å². The van der Waals surface area contributed by atoms with Gasteiger partial charge in [0.15, 0.2) is 0 Å². The lowest BCUT2D eigenvalue weighted by Crippen LogP contribution is -2.14. The van der Waals surface area contributed by atoms with Crippen molar-refractivity contribution in [2.24, 2.45) is 0 Å². The van der Waals surface area contributed by atoms with Crippen LogP contribution in [0.15, 0.2) is 42.5 Å². The van der Waals surface area contributed by atoms with Crippen molar-refractivity contribution in [1.82, 2.24) is 0 Å². The largest absolute Gasteiger partial charge is 0.489 e. The number of ether oxygens (including phenoxy) is 2. The van der Waals surface area contributed by atoms with Gasteiger partial charge in [0.25, 0.3) is 0 Å². The van der Waals surface area contributed by atoms with Crippen molar-refractivity contribution < 1.29 is 14.6 Å². The zero-order valence-electron chi connectivity index (χ0n) is 14.1. The second-order valence-electron chi connectivity index (χ2n) is 5.54. The average molecular weight is 350 g/mol. The molecule has 0 heterocycles. The highest BCUT2D eigenvalue weighted by Gasteiger charge is 2.06. The fourth-order valence-electron chi connectivity index (χ4n) is 2.38. The second kappa shape index (κ2) is 9.52. The Kier molecular flexibility index (Phi) is 7.37. The van der Waals surface area contributed by atoms with Crippen LogP contribution in [0.3, 0.4) is 0 Å². The summed E-state index contributed by atoms with van der Waals surface area (Å²) in [4.78, 5) is 0. The minimum Gasteiger partial charge on any atom is -0.489 e. The Morgan fingerprint density at radius 2 is 1.88 bits per heavy atom. The Balaban J connectivity index is 1.66. The molecule has 0 aliphatic heterocycles. The third-order valence-electron chi connectivity index (χ3n) is 3.61. The number of rotatable bonds is 9. The molecule has 2 rings (SSSR count). The maximum atomic E-state index is 9.73. The summed E-state index contributed by atoms with van der Waals surface area (Å²) in [6, 6.07) is 13.4. The maximum absolute atomic E-state index is 9.73. The van der Waals surface area contributed by atoms with Crippen LogP contribution < -0.4 is 10.1 Å². The summed E-state index contributed by atoms with van der Waals surface area (Å²) in [6.07, 6.45) is -0.498. The van der Waals surface area contributed by atoms with E-state index in [4.69, 9.17) is 21.1 Å². The summed E-state index contributed by atoms with van der Waals surface area (Å²) >= 11 is 6.10. The zero-order chi connectivity index (χ0) is 17.4. The second-order valence-corrected chi connectivity index (χ2v) is 5.94. The molecule has 5 heteroatoms. The SMILES string of the molecule is Cc1cccc(Cl)c1OCCOCCNc1ccccc1C(C)O. The first-order valence-corrected chi connectivity index (χ1v) is 8.44. The molecule has 0 aromatic heterocycles. The predicted octanol–water partition coefficient (Wildman–Crippen LogP) is 4.21. The molecule has 1 unspecified atom stereocenters. The quantitative estimate of drug-likeness (QED) is 0.666. The highest BCUT2D eigenvalue weighted by atomic mass is 35.5. The Morgan fingerprint density at radius 3 is 2.62 bits per heavy atom. The van der Waals surface area contributed by atoms with Crippen LogP contribution in [0, 0.1) is 6.92 Å². The Hall–Kier alpha value is -1.75. The molecule has 0 aliphatic carbocycles. The minimum absolute atomic E-state index is 0.453. The first-order valence-electron chi connectivity index (χ1n) is 8.06. The van der Waals surface area contributed by atoms with Crippen molar-refractivity contribution in [2.45, 2.75) is 20.0 Å². The monoisotopic (exact) mass is 349 g/mol. The molecular formula is C19H24ClNO3. The highest BCUT2D eigenvalue weighted by Crippen LogP contribution is 2.27. The number of anilines is 1. The van der Waals surface area contributed by atoms with Gasteiger partial charge in [0.2, 0.25) is 0 Å². The molecule has 0 bridgehead atoms. The normalized spacial score (nSPS) is 12.0. The van der Waals surface area contributed by atoms with E-state index in [0.29, 0.717) is 37.1 Å². The van der Waals surface area contributed by atoms with Gasteiger partial charge in [-0.2, -0.15) is 0 Å². The van der Waals surface area contributed by atoms with Crippen LogP contribution in [-0.2, 0) is 4.74 Å². The molecule has 2 aromatic rings. The van der Waals surface area contributed by atoms with E-state index < -0.39 is 6.10 Å². The van der Waals surface area contributed by atoms with E-state index >= 15 is 0 Å². The number of aliphatic hydroxyl groups is 1. The molecule has 0 radical (unpaired) electrons. The topological polar surface area (TPSA) is 50.7 Å². The van der Waals surface area contributed by atoms with Crippen molar-refractivity contribution >= 4 is 17.3 Å². The van der Waals surface area contributed by atoms with Gasteiger partial charge >= 0.3 is 0 Å². The summed E-state index contributed by atoms with van der Waals surface area (Å²) in [5.74, 6) is 0.715. The van der Waals surface area contributed by atoms with E-state index in [2.05, 4.69) is 5.32 Å². The predicted molar refractivity (Wildman–Crippen MR) is 98.1 cm³/mol. The van der Waals surface area contributed by atoms with E-state index in [9.17, 15) is 5.11 Å². The molecule has 2 aromatic carbocycles. The lowest BCUT2D eigenvalue weighted by molar-refractivity contribution is 0.107. The molecule has 0 amide bonds. The fraction of sp³-hybridized carbons (Fsp3) is 0.368. The maximum Gasteiger partial charge on any atom is 0.140 e. The van der Waals surface area contributed by atoms with Crippen LogP contribution in [0.2, 0.25) is 5.02 Å². The molecule has 4 nitrogen and oxygen atoms in total. The number of nitrogens with one attached hydrogen (secondary N) is 1. The van der Waals surface area contributed by atoms with E-state index in [1.54, 1.807) is 6.92 Å². The van der Waals surface area contributed by atoms with E-state index in [-0.39, 0.29) is 0 Å². The van der Waals surface area contributed by atoms with Gasteiger partial charge in [-0.25, -0.2) is 0 Å². The summed E-state index contributed by atoms with van der Waals surface area (Å²) in [5.41, 5.74) is 2.83. The van der Waals surface area contributed by atoms with Gasteiger partial charge in [-0.3, -0.25) is 0 Å². The molecule has 0 aliphatic rings. The lowest BCUT2D eigenvalue weighted by atomic mass is 10.1. The number of para-hydroxylation sites is 2. The summed E-state index contributed by atoms with van der Waals surface area (Å²) in [6.45, 7) is 5.88. The van der Waals surface area contributed by atoms with Gasteiger partial charge in [-0.15, -0.1) is 0 Å². The molecule has 24 heavy (non-hydrogen) atoms. The van der Waals surface area contributed by atoms with Crippen LogP contribution >= 0.6 is 11.6 Å². The molecule has 0 fully saturated rings. The van der Waals surface area contributed by atoms with Crippen LogP contribution in [-0.4, -0.2) is 31.5 Å². The number of hydrogen-bond acceptors (Lipinski definition) is 4. The lowest BCUT2D eigenvalue weighted by Gasteiger charge is -2.14. The van der Waals surface area contributed by atoms with Crippen LogP contribution in [0.5, 0.6) is 5.75 Å². The van der Waals surface area contributed by atoms with Gasteiger partial charge in [-0.05, 0) is 31.5 Å². The number of halogens is 1. The van der Waals surface area contributed by atoms with Gasteiger partial charge in [0.1, 0.15) is 12.4 Å². The van der Waals surface area contributed by atoms with Crippen LogP contribution in [0.25, 0.3) is 0 Å². The van der Waals surface area contributed by atoms with E-state index in [1.165, 1.54) is 0 Å². The third-order valence-corrected chi connectivity index (χ3v) is 3.91. The van der Waals surface area contributed by atoms with Crippen molar-refractivity contribution in [2.75, 3.05) is 31.7 Å². The van der Waals surface area contributed by atoms with Crippen LogP contribution in [0.4, 0.5) is 5.69 Å². The third kappa shape index (κ3) is 5.41. The number of aryl methyl sites for hydroxylation is 1. The molecule has 1 atom stereocenters.